The van der Waals surface area contributed by atoms with E-state index in [1.54, 1.807) is 13.2 Å². The average Bonchev–Trinajstić information content (AvgIpc) is 2.59. The van der Waals surface area contributed by atoms with Crippen LogP contribution in [0.4, 0.5) is 0 Å². The predicted molar refractivity (Wildman–Crippen MR) is 95.3 cm³/mol. The molecule has 1 aliphatic rings. The molecule has 23 heavy (non-hydrogen) atoms. The van der Waals surface area contributed by atoms with Crippen LogP contribution in [-0.4, -0.2) is 49.8 Å². The van der Waals surface area contributed by atoms with Crippen molar-refractivity contribution >= 4 is 39.1 Å². The molecule has 0 radical (unpaired) electrons. The summed E-state index contributed by atoms with van der Waals surface area (Å²) < 4.78 is 16.2. The van der Waals surface area contributed by atoms with Gasteiger partial charge in [0.2, 0.25) is 0 Å². The Kier molecular flexibility index (Phi) is 6.65. The van der Waals surface area contributed by atoms with E-state index in [2.05, 4.69) is 25.6 Å². The molecule has 1 heterocycles. The lowest BCUT2D eigenvalue weighted by molar-refractivity contribution is -0.142. The molecule has 2 rings (SSSR count). The summed E-state index contributed by atoms with van der Waals surface area (Å²) in [5.41, 5.74) is 0.893. The third-order valence-electron chi connectivity index (χ3n) is 3.70. The fourth-order valence-electron chi connectivity index (χ4n) is 2.43. The highest BCUT2D eigenvalue weighted by Gasteiger charge is 2.20. The number of piperidine rings is 1. The van der Waals surface area contributed by atoms with Crippen LogP contribution >= 0.6 is 28.1 Å². The standard InChI is InChI=1S/C16H20BrNO4S/c1-20-13-8-11(16(23)18-6-4-3-5-7-18)12(17)9-14(13)22-10-15(19)21-2/h8-9H,3-7,10H2,1-2H3. The Morgan fingerprint density at radius 2 is 1.91 bits per heavy atom. The van der Waals surface area contributed by atoms with Gasteiger partial charge < -0.3 is 19.1 Å². The molecule has 0 aliphatic carbocycles. The number of methoxy groups -OCH3 is 2. The van der Waals surface area contributed by atoms with Crippen LogP contribution in [0, 0.1) is 0 Å². The quantitative estimate of drug-likeness (QED) is 0.557. The van der Waals surface area contributed by atoms with Crippen molar-refractivity contribution in [1.82, 2.24) is 4.90 Å². The molecule has 0 aromatic heterocycles. The van der Waals surface area contributed by atoms with Crippen LogP contribution in [-0.2, 0) is 9.53 Å². The molecule has 0 saturated carbocycles. The minimum Gasteiger partial charge on any atom is -0.493 e. The van der Waals surface area contributed by atoms with Crippen molar-refractivity contribution in [3.63, 3.8) is 0 Å². The van der Waals surface area contributed by atoms with Crippen molar-refractivity contribution in [2.24, 2.45) is 0 Å². The molecule has 126 valence electrons. The Bertz CT molecular complexity index is 588. The van der Waals surface area contributed by atoms with Gasteiger partial charge in [0.25, 0.3) is 0 Å². The second-order valence-electron chi connectivity index (χ2n) is 5.20. The summed E-state index contributed by atoms with van der Waals surface area (Å²) in [6.07, 6.45) is 3.58. The number of nitrogens with zero attached hydrogens (tertiary/aromatic N) is 1. The molecule has 0 bridgehead atoms. The molecule has 1 aromatic carbocycles. The predicted octanol–water partition coefficient (Wildman–Crippen LogP) is 3.17. The second-order valence-corrected chi connectivity index (χ2v) is 6.44. The Morgan fingerprint density at radius 1 is 1.22 bits per heavy atom. The van der Waals surface area contributed by atoms with Gasteiger partial charge in [0.15, 0.2) is 18.1 Å². The SMILES string of the molecule is COC(=O)COc1cc(Br)c(C(=S)N2CCCCC2)cc1OC. The molecule has 1 fully saturated rings. The summed E-state index contributed by atoms with van der Waals surface area (Å²) >= 11 is 9.17. The van der Waals surface area contributed by atoms with E-state index in [1.165, 1.54) is 13.5 Å². The van der Waals surface area contributed by atoms with E-state index in [4.69, 9.17) is 21.7 Å². The zero-order chi connectivity index (χ0) is 16.8. The fourth-order valence-corrected chi connectivity index (χ4v) is 3.43. The van der Waals surface area contributed by atoms with Gasteiger partial charge in [-0.3, -0.25) is 0 Å². The average molecular weight is 402 g/mol. The number of carbonyl (C=O) groups is 1. The minimum absolute atomic E-state index is 0.171. The number of ether oxygens (including phenoxy) is 3. The highest BCUT2D eigenvalue weighted by Crippen LogP contribution is 2.34. The van der Waals surface area contributed by atoms with Crippen LogP contribution in [0.2, 0.25) is 0 Å². The normalized spacial score (nSPS) is 14.3. The molecule has 0 N–H and O–H groups in total. The van der Waals surface area contributed by atoms with Crippen LogP contribution < -0.4 is 9.47 Å². The van der Waals surface area contributed by atoms with Gasteiger partial charge in [-0.15, -0.1) is 0 Å². The van der Waals surface area contributed by atoms with E-state index in [1.807, 2.05) is 6.07 Å². The van der Waals surface area contributed by atoms with E-state index in [0.29, 0.717) is 11.5 Å². The van der Waals surface area contributed by atoms with Crippen molar-refractivity contribution in [3.8, 4) is 11.5 Å². The van der Waals surface area contributed by atoms with Crippen molar-refractivity contribution in [1.29, 1.82) is 0 Å². The maximum atomic E-state index is 11.2. The van der Waals surface area contributed by atoms with Crippen molar-refractivity contribution < 1.29 is 19.0 Å². The molecule has 0 unspecified atom stereocenters. The first-order valence-corrected chi connectivity index (χ1v) is 8.63. The molecule has 1 aliphatic heterocycles. The van der Waals surface area contributed by atoms with Gasteiger partial charge in [-0.1, -0.05) is 12.2 Å². The molecule has 0 amide bonds. The third kappa shape index (κ3) is 4.57. The van der Waals surface area contributed by atoms with Crippen LogP contribution in [0.1, 0.15) is 24.8 Å². The lowest BCUT2D eigenvalue weighted by Gasteiger charge is -2.29. The lowest BCUT2D eigenvalue weighted by Crippen LogP contribution is -2.35. The number of hydrogen-bond donors (Lipinski definition) is 0. The Hall–Kier alpha value is -1.34. The third-order valence-corrected chi connectivity index (χ3v) is 4.83. The summed E-state index contributed by atoms with van der Waals surface area (Å²) in [6.45, 7) is 1.79. The second kappa shape index (κ2) is 8.49. The van der Waals surface area contributed by atoms with Crippen LogP contribution in [0.3, 0.4) is 0 Å². The first-order valence-electron chi connectivity index (χ1n) is 7.43. The highest BCUT2D eigenvalue weighted by atomic mass is 79.9. The molecule has 0 atom stereocenters. The van der Waals surface area contributed by atoms with Gasteiger partial charge >= 0.3 is 5.97 Å². The summed E-state index contributed by atoms with van der Waals surface area (Å²) in [7, 11) is 2.88. The van der Waals surface area contributed by atoms with E-state index in [-0.39, 0.29) is 6.61 Å². The van der Waals surface area contributed by atoms with Crippen LogP contribution in [0.25, 0.3) is 0 Å². The van der Waals surface area contributed by atoms with Gasteiger partial charge in [-0.25, -0.2) is 4.79 Å². The van der Waals surface area contributed by atoms with E-state index >= 15 is 0 Å². The summed E-state index contributed by atoms with van der Waals surface area (Å²) in [6, 6.07) is 3.61. The topological polar surface area (TPSA) is 48.0 Å². The molecule has 1 aromatic rings. The van der Waals surface area contributed by atoms with Gasteiger partial charge in [0, 0.05) is 23.1 Å². The van der Waals surface area contributed by atoms with Crippen molar-refractivity contribution in [3.05, 3.63) is 22.2 Å². The zero-order valence-corrected chi connectivity index (χ0v) is 15.7. The van der Waals surface area contributed by atoms with E-state index in [9.17, 15) is 4.79 Å². The number of hydrogen-bond acceptors (Lipinski definition) is 5. The molecule has 5 nitrogen and oxygen atoms in total. The van der Waals surface area contributed by atoms with Gasteiger partial charge in [-0.2, -0.15) is 0 Å². The van der Waals surface area contributed by atoms with Crippen LogP contribution in [0.15, 0.2) is 16.6 Å². The maximum Gasteiger partial charge on any atom is 0.343 e. The number of thiocarbonyl (C=S) groups is 1. The zero-order valence-electron chi connectivity index (χ0n) is 13.3. The van der Waals surface area contributed by atoms with Crippen LogP contribution in [0.5, 0.6) is 11.5 Å². The summed E-state index contributed by atoms with van der Waals surface area (Å²) in [4.78, 5) is 14.2. The monoisotopic (exact) mass is 401 g/mol. The van der Waals surface area contributed by atoms with E-state index < -0.39 is 5.97 Å². The number of halogens is 1. The maximum absolute atomic E-state index is 11.2. The number of esters is 1. The minimum atomic E-state index is -0.448. The molecule has 7 heteroatoms. The summed E-state index contributed by atoms with van der Waals surface area (Å²) in [5, 5.41) is 0. The first kappa shape index (κ1) is 18.0. The first-order chi connectivity index (χ1) is 11.1. The van der Waals surface area contributed by atoms with E-state index in [0.717, 1.165) is 41.0 Å². The smallest absolute Gasteiger partial charge is 0.343 e. The number of likely N-dealkylation sites (tertiary alicyclic amines) is 1. The highest BCUT2D eigenvalue weighted by molar-refractivity contribution is 9.10. The molecule has 1 saturated heterocycles. The Morgan fingerprint density at radius 3 is 2.52 bits per heavy atom. The summed E-state index contributed by atoms with van der Waals surface area (Å²) in [5.74, 6) is 0.553. The molecular formula is C16H20BrNO4S. The van der Waals surface area contributed by atoms with Crippen molar-refractivity contribution in [2.75, 3.05) is 33.9 Å². The molecular weight excluding hydrogens is 382 g/mol. The van der Waals surface area contributed by atoms with Crippen molar-refractivity contribution in [2.45, 2.75) is 19.3 Å². The Balaban J connectivity index is 2.21. The van der Waals surface area contributed by atoms with Gasteiger partial charge in [-0.05, 0) is 47.3 Å². The number of carbonyl (C=O) groups excluding carboxylic acids is 1. The lowest BCUT2D eigenvalue weighted by atomic mass is 10.1. The largest absolute Gasteiger partial charge is 0.493 e. The molecule has 0 spiro atoms. The van der Waals surface area contributed by atoms with Gasteiger partial charge in [0.1, 0.15) is 4.99 Å². The number of rotatable bonds is 5. The fraction of sp³-hybridized carbons (Fsp3) is 0.500. The van der Waals surface area contributed by atoms with Gasteiger partial charge in [0.05, 0.1) is 14.2 Å². The number of benzene rings is 1. The Labute approximate surface area is 150 Å².